The van der Waals surface area contributed by atoms with Gasteiger partial charge < -0.3 is 9.47 Å². The van der Waals surface area contributed by atoms with Crippen molar-refractivity contribution in [2.75, 3.05) is 6.61 Å². The third kappa shape index (κ3) is 4.67. The van der Waals surface area contributed by atoms with E-state index in [1.54, 1.807) is 13.8 Å². The van der Waals surface area contributed by atoms with Crippen molar-refractivity contribution in [3.8, 4) is 11.8 Å². The fraction of sp³-hybridized carbons (Fsp3) is 0.429. The van der Waals surface area contributed by atoms with E-state index in [-0.39, 0.29) is 17.7 Å². The highest BCUT2D eigenvalue weighted by atomic mass is 19.4. The van der Waals surface area contributed by atoms with Crippen LogP contribution in [0.15, 0.2) is 12.1 Å². The van der Waals surface area contributed by atoms with Gasteiger partial charge in [-0.25, -0.2) is 0 Å². The van der Waals surface area contributed by atoms with Crippen molar-refractivity contribution >= 4 is 5.97 Å². The summed E-state index contributed by atoms with van der Waals surface area (Å²) in [7, 11) is 0. The minimum absolute atomic E-state index is 0.0207. The van der Waals surface area contributed by atoms with Crippen LogP contribution in [0.25, 0.3) is 0 Å². The molecular weight excluding hydrogens is 287 g/mol. The fourth-order valence-electron chi connectivity index (χ4n) is 1.86. The van der Waals surface area contributed by atoms with Crippen molar-refractivity contribution in [3.05, 3.63) is 28.8 Å². The zero-order chi connectivity index (χ0) is 16.0. The van der Waals surface area contributed by atoms with E-state index in [0.717, 1.165) is 6.07 Å². The Kier molecular flexibility index (Phi) is 5.59. The van der Waals surface area contributed by atoms with Gasteiger partial charge in [-0.2, -0.15) is 5.26 Å². The molecule has 114 valence electrons. The predicted molar refractivity (Wildman–Crippen MR) is 67.6 cm³/mol. The number of rotatable bonds is 5. The second-order valence-electron chi connectivity index (χ2n) is 4.07. The average molecular weight is 301 g/mol. The summed E-state index contributed by atoms with van der Waals surface area (Å²) >= 11 is 0. The Labute approximate surface area is 120 Å². The molecule has 0 unspecified atom stereocenters. The summed E-state index contributed by atoms with van der Waals surface area (Å²) in [5.74, 6) is -1.27. The standard InChI is InChI=1S/C14H14F3NO3/c1-3-9-5-6-12(21-14(15,16)17)10(11(9)8-18)7-13(19)20-4-2/h5-6H,3-4,7H2,1-2H3. The van der Waals surface area contributed by atoms with Crippen LogP contribution in [0.3, 0.4) is 0 Å². The quantitative estimate of drug-likeness (QED) is 0.784. The highest BCUT2D eigenvalue weighted by Gasteiger charge is 2.33. The van der Waals surface area contributed by atoms with Crippen molar-refractivity contribution in [1.29, 1.82) is 5.26 Å². The van der Waals surface area contributed by atoms with Gasteiger partial charge in [0, 0.05) is 5.56 Å². The predicted octanol–water partition coefficient (Wildman–Crippen LogP) is 3.12. The first-order chi connectivity index (χ1) is 9.82. The minimum Gasteiger partial charge on any atom is -0.466 e. The maximum absolute atomic E-state index is 12.4. The number of halogens is 3. The summed E-state index contributed by atoms with van der Waals surface area (Å²) in [4.78, 5) is 11.5. The molecule has 0 aromatic heterocycles. The highest BCUT2D eigenvalue weighted by Crippen LogP contribution is 2.31. The third-order valence-corrected chi connectivity index (χ3v) is 2.70. The number of aryl methyl sites for hydroxylation is 1. The van der Waals surface area contributed by atoms with E-state index in [1.807, 2.05) is 6.07 Å². The summed E-state index contributed by atoms with van der Waals surface area (Å²) < 4.78 is 45.8. The number of nitrogens with zero attached hydrogens (tertiary/aromatic N) is 1. The topological polar surface area (TPSA) is 59.3 Å². The molecule has 7 heteroatoms. The third-order valence-electron chi connectivity index (χ3n) is 2.70. The van der Waals surface area contributed by atoms with Gasteiger partial charge in [0.25, 0.3) is 0 Å². The monoisotopic (exact) mass is 301 g/mol. The Balaban J connectivity index is 3.30. The van der Waals surface area contributed by atoms with Gasteiger partial charge in [-0.15, -0.1) is 13.2 Å². The van der Waals surface area contributed by atoms with Crippen molar-refractivity contribution in [3.63, 3.8) is 0 Å². The normalized spacial score (nSPS) is 10.9. The van der Waals surface area contributed by atoms with Crippen LogP contribution in [0, 0.1) is 11.3 Å². The summed E-state index contributed by atoms with van der Waals surface area (Å²) in [6.07, 6.45) is -4.90. The van der Waals surface area contributed by atoms with Gasteiger partial charge in [0.05, 0.1) is 24.7 Å². The van der Waals surface area contributed by atoms with Gasteiger partial charge >= 0.3 is 12.3 Å². The van der Waals surface area contributed by atoms with E-state index in [1.165, 1.54) is 6.07 Å². The van der Waals surface area contributed by atoms with Crippen LogP contribution >= 0.6 is 0 Å². The van der Waals surface area contributed by atoms with Crippen LogP contribution in [0.2, 0.25) is 0 Å². The van der Waals surface area contributed by atoms with Crippen molar-refractivity contribution < 1.29 is 27.4 Å². The SMILES string of the molecule is CCOC(=O)Cc1c(OC(F)(F)F)ccc(CC)c1C#N. The zero-order valence-corrected chi connectivity index (χ0v) is 11.6. The lowest BCUT2D eigenvalue weighted by atomic mass is 9.97. The molecule has 0 aliphatic rings. The lowest BCUT2D eigenvalue weighted by molar-refractivity contribution is -0.275. The maximum atomic E-state index is 12.4. The van der Waals surface area contributed by atoms with Gasteiger partial charge in [-0.05, 0) is 25.0 Å². The molecule has 1 aromatic carbocycles. The maximum Gasteiger partial charge on any atom is 0.573 e. The molecule has 0 saturated carbocycles. The molecule has 0 aliphatic heterocycles. The van der Waals surface area contributed by atoms with Crippen LogP contribution in [0.4, 0.5) is 13.2 Å². The molecule has 0 aliphatic carbocycles. The fourth-order valence-corrected chi connectivity index (χ4v) is 1.86. The van der Waals surface area contributed by atoms with Crippen molar-refractivity contribution in [2.24, 2.45) is 0 Å². The molecule has 0 N–H and O–H groups in total. The first kappa shape index (κ1) is 16.8. The van der Waals surface area contributed by atoms with Crippen LogP contribution in [-0.2, 0) is 22.4 Å². The molecule has 0 radical (unpaired) electrons. The Morgan fingerprint density at radius 3 is 2.48 bits per heavy atom. The van der Waals surface area contributed by atoms with Crippen molar-refractivity contribution in [2.45, 2.75) is 33.1 Å². The second kappa shape index (κ2) is 6.97. The van der Waals surface area contributed by atoms with Gasteiger partial charge in [0.15, 0.2) is 0 Å². The molecule has 1 rings (SSSR count). The number of hydrogen-bond acceptors (Lipinski definition) is 4. The summed E-state index contributed by atoms with van der Waals surface area (Å²) in [6, 6.07) is 4.33. The average Bonchev–Trinajstić information content (AvgIpc) is 2.39. The number of carbonyl (C=O) groups excluding carboxylic acids is 1. The first-order valence-corrected chi connectivity index (χ1v) is 6.28. The van der Waals surface area contributed by atoms with Crippen LogP contribution in [0.5, 0.6) is 5.75 Å². The summed E-state index contributed by atoms with van der Waals surface area (Å²) in [5, 5.41) is 9.16. The largest absolute Gasteiger partial charge is 0.573 e. The highest BCUT2D eigenvalue weighted by molar-refractivity contribution is 5.75. The number of esters is 1. The van der Waals surface area contributed by atoms with E-state index in [0.29, 0.717) is 12.0 Å². The smallest absolute Gasteiger partial charge is 0.466 e. The molecule has 1 aromatic rings. The molecule has 0 fully saturated rings. The first-order valence-electron chi connectivity index (χ1n) is 6.28. The number of ether oxygens (including phenoxy) is 2. The van der Waals surface area contributed by atoms with E-state index >= 15 is 0 Å². The molecule has 21 heavy (non-hydrogen) atoms. The molecule has 0 saturated heterocycles. The second-order valence-corrected chi connectivity index (χ2v) is 4.07. The number of benzene rings is 1. The van der Waals surface area contributed by atoms with E-state index in [2.05, 4.69) is 4.74 Å². The Morgan fingerprint density at radius 1 is 1.33 bits per heavy atom. The molecule has 0 bridgehead atoms. The van der Waals surface area contributed by atoms with Gasteiger partial charge in [0.1, 0.15) is 5.75 Å². The number of alkyl halides is 3. The molecule has 0 spiro atoms. The number of carbonyl (C=O) groups is 1. The molecule has 0 amide bonds. The molecule has 0 atom stereocenters. The lowest BCUT2D eigenvalue weighted by Gasteiger charge is -2.16. The molecule has 0 heterocycles. The Hall–Kier alpha value is -2.23. The number of nitriles is 1. The summed E-state index contributed by atoms with van der Waals surface area (Å²) in [6.45, 7) is 3.44. The van der Waals surface area contributed by atoms with Crippen LogP contribution < -0.4 is 4.74 Å². The molecular formula is C14H14F3NO3. The minimum atomic E-state index is -4.90. The Bertz CT molecular complexity index is 562. The van der Waals surface area contributed by atoms with E-state index < -0.39 is 24.5 Å². The Morgan fingerprint density at radius 2 is 2.00 bits per heavy atom. The number of hydrogen-bond donors (Lipinski definition) is 0. The van der Waals surface area contributed by atoms with Crippen LogP contribution in [-0.4, -0.2) is 18.9 Å². The van der Waals surface area contributed by atoms with Crippen LogP contribution in [0.1, 0.15) is 30.5 Å². The van der Waals surface area contributed by atoms with Crippen molar-refractivity contribution in [1.82, 2.24) is 0 Å². The van der Waals surface area contributed by atoms with Gasteiger partial charge in [0.2, 0.25) is 0 Å². The lowest BCUT2D eigenvalue weighted by Crippen LogP contribution is -2.20. The van der Waals surface area contributed by atoms with E-state index in [4.69, 9.17) is 10.00 Å². The van der Waals surface area contributed by atoms with E-state index in [9.17, 15) is 18.0 Å². The molecule has 4 nitrogen and oxygen atoms in total. The summed E-state index contributed by atoms with van der Waals surface area (Å²) in [5.41, 5.74) is 0.464. The zero-order valence-electron chi connectivity index (χ0n) is 11.6. The van der Waals surface area contributed by atoms with Gasteiger partial charge in [-0.3, -0.25) is 4.79 Å². The van der Waals surface area contributed by atoms with Gasteiger partial charge in [-0.1, -0.05) is 13.0 Å².